The van der Waals surface area contributed by atoms with E-state index in [4.69, 9.17) is 4.52 Å². The first kappa shape index (κ1) is 15.5. The van der Waals surface area contributed by atoms with E-state index in [-0.39, 0.29) is 11.9 Å². The van der Waals surface area contributed by atoms with Gasteiger partial charge in [0.15, 0.2) is 5.82 Å². The molecule has 1 aliphatic carbocycles. The Morgan fingerprint density at radius 2 is 2.09 bits per heavy atom. The van der Waals surface area contributed by atoms with Gasteiger partial charge in [-0.1, -0.05) is 12.1 Å². The summed E-state index contributed by atoms with van der Waals surface area (Å²) in [4.78, 5) is 18.7. The second-order valence-electron chi connectivity index (χ2n) is 6.57. The van der Waals surface area contributed by atoms with Crippen molar-refractivity contribution in [2.24, 2.45) is 5.92 Å². The molecule has 0 radical (unpaired) electrons. The second kappa shape index (κ2) is 6.77. The first-order valence-electron chi connectivity index (χ1n) is 8.54. The van der Waals surface area contributed by atoms with Gasteiger partial charge < -0.3 is 9.84 Å². The number of amides is 1. The Balaban J connectivity index is 1.48. The highest BCUT2D eigenvalue weighted by Gasteiger charge is 2.32. The van der Waals surface area contributed by atoms with Crippen LogP contribution < -0.4 is 5.32 Å². The number of hydrogen-bond acceptors (Lipinski definition) is 5. The van der Waals surface area contributed by atoms with Gasteiger partial charge in [-0.25, -0.2) is 0 Å². The summed E-state index contributed by atoms with van der Waals surface area (Å²) in [6.07, 6.45) is 6.03. The number of nitrogens with zero attached hydrogens (tertiary/aromatic N) is 3. The highest BCUT2D eigenvalue weighted by molar-refractivity contribution is 5.81. The van der Waals surface area contributed by atoms with Crippen LogP contribution in [0, 0.1) is 5.92 Å². The summed E-state index contributed by atoms with van der Waals surface area (Å²) < 4.78 is 5.39. The molecular formula is C16H26N4O2. The Labute approximate surface area is 131 Å². The minimum Gasteiger partial charge on any atom is -0.353 e. The molecule has 2 heterocycles. The molecule has 1 aromatic rings. The summed E-state index contributed by atoms with van der Waals surface area (Å²) in [5.41, 5.74) is 0. The van der Waals surface area contributed by atoms with Crippen molar-refractivity contribution in [3.05, 3.63) is 11.7 Å². The second-order valence-corrected chi connectivity index (χ2v) is 6.57. The van der Waals surface area contributed by atoms with E-state index >= 15 is 0 Å². The number of hydrogen-bond donors (Lipinski definition) is 1. The summed E-state index contributed by atoms with van der Waals surface area (Å²) in [6.45, 7) is 6.15. The predicted octanol–water partition coefficient (Wildman–Crippen LogP) is 2.07. The van der Waals surface area contributed by atoms with Crippen LogP contribution in [0.25, 0.3) is 0 Å². The Kier molecular flexibility index (Phi) is 4.76. The van der Waals surface area contributed by atoms with Gasteiger partial charge >= 0.3 is 0 Å². The van der Waals surface area contributed by atoms with Crippen LogP contribution >= 0.6 is 0 Å². The van der Waals surface area contributed by atoms with Gasteiger partial charge in [0, 0.05) is 31.5 Å². The van der Waals surface area contributed by atoms with Crippen LogP contribution in [0.15, 0.2) is 4.52 Å². The topological polar surface area (TPSA) is 71.3 Å². The van der Waals surface area contributed by atoms with Crippen LogP contribution in [0.4, 0.5) is 0 Å². The van der Waals surface area contributed by atoms with Crippen molar-refractivity contribution in [1.82, 2.24) is 20.4 Å². The molecule has 22 heavy (non-hydrogen) atoms. The van der Waals surface area contributed by atoms with Gasteiger partial charge in [0.05, 0.1) is 6.04 Å². The largest absolute Gasteiger partial charge is 0.353 e. The molecule has 1 atom stereocenters. The molecule has 1 saturated carbocycles. The lowest BCUT2D eigenvalue weighted by Crippen LogP contribution is -2.45. The van der Waals surface area contributed by atoms with Crippen LogP contribution in [0.3, 0.4) is 0 Å². The average Bonchev–Trinajstić information content (AvgIpc) is 3.28. The highest BCUT2D eigenvalue weighted by Crippen LogP contribution is 2.29. The quantitative estimate of drug-likeness (QED) is 0.871. The Morgan fingerprint density at radius 1 is 1.36 bits per heavy atom. The molecule has 2 aliphatic rings. The predicted molar refractivity (Wildman–Crippen MR) is 82.2 cm³/mol. The van der Waals surface area contributed by atoms with Crippen molar-refractivity contribution >= 4 is 5.91 Å². The maximum absolute atomic E-state index is 11.8. The van der Waals surface area contributed by atoms with Gasteiger partial charge in [0.2, 0.25) is 11.8 Å². The molecule has 1 saturated heterocycles. The molecule has 1 N–H and O–H groups in total. The molecule has 1 aromatic heterocycles. The fraction of sp³-hybridized carbons (Fsp3) is 0.812. The Morgan fingerprint density at radius 3 is 2.73 bits per heavy atom. The summed E-state index contributed by atoms with van der Waals surface area (Å²) >= 11 is 0. The fourth-order valence-electron chi connectivity index (χ4n) is 3.01. The third-order valence-electron chi connectivity index (χ3n) is 4.69. The van der Waals surface area contributed by atoms with E-state index in [0.29, 0.717) is 17.9 Å². The maximum atomic E-state index is 11.8. The molecule has 3 rings (SSSR count). The zero-order valence-electron chi connectivity index (χ0n) is 13.5. The van der Waals surface area contributed by atoms with E-state index in [1.165, 1.54) is 0 Å². The number of piperidine rings is 1. The maximum Gasteiger partial charge on any atom is 0.243 e. The number of carbonyl (C=O) groups excluding carboxylic acids is 1. The Bertz CT molecular complexity index is 504. The zero-order valence-corrected chi connectivity index (χ0v) is 13.5. The minimum absolute atomic E-state index is 0.151. The first-order valence-corrected chi connectivity index (χ1v) is 8.54. The first-order chi connectivity index (χ1) is 10.7. The number of likely N-dealkylation sites (tertiary alicyclic amines) is 1. The molecule has 2 fully saturated rings. The lowest BCUT2D eigenvalue weighted by atomic mass is 10.0. The number of aromatic nitrogens is 2. The van der Waals surface area contributed by atoms with Crippen LogP contribution in [0.2, 0.25) is 0 Å². The van der Waals surface area contributed by atoms with E-state index in [1.807, 2.05) is 0 Å². The van der Waals surface area contributed by atoms with Gasteiger partial charge in [-0.15, -0.1) is 0 Å². The van der Waals surface area contributed by atoms with Crippen LogP contribution in [0.5, 0.6) is 0 Å². The molecule has 0 spiro atoms. The van der Waals surface area contributed by atoms with Gasteiger partial charge in [0.25, 0.3) is 0 Å². The third kappa shape index (κ3) is 3.66. The van der Waals surface area contributed by atoms with Crippen molar-refractivity contribution in [3.63, 3.8) is 0 Å². The molecule has 6 nitrogen and oxygen atoms in total. The van der Waals surface area contributed by atoms with Crippen molar-refractivity contribution in [2.75, 3.05) is 13.1 Å². The van der Waals surface area contributed by atoms with Crippen molar-refractivity contribution < 1.29 is 9.32 Å². The van der Waals surface area contributed by atoms with Crippen LogP contribution in [0.1, 0.15) is 63.7 Å². The fourth-order valence-corrected chi connectivity index (χ4v) is 3.01. The van der Waals surface area contributed by atoms with Crippen LogP contribution in [-0.4, -0.2) is 40.1 Å². The van der Waals surface area contributed by atoms with E-state index in [1.54, 1.807) is 0 Å². The summed E-state index contributed by atoms with van der Waals surface area (Å²) in [5, 5.41) is 7.22. The average molecular weight is 306 g/mol. The van der Waals surface area contributed by atoms with Gasteiger partial charge in [-0.2, -0.15) is 4.98 Å². The molecule has 122 valence electrons. The summed E-state index contributed by atoms with van der Waals surface area (Å²) in [7, 11) is 0. The van der Waals surface area contributed by atoms with Gasteiger partial charge in [0.1, 0.15) is 0 Å². The van der Waals surface area contributed by atoms with E-state index < -0.39 is 0 Å². The number of nitrogens with one attached hydrogen (secondary N) is 1. The SMILES string of the molecule is CCCc1noc([C@H](C)N2CCC(NC(=O)C3CC3)CC2)n1. The number of carbonyl (C=O) groups is 1. The molecule has 0 unspecified atom stereocenters. The van der Waals surface area contributed by atoms with E-state index in [9.17, 15) is 4.79 Å². The van der Waals surface area contributed by atoms with Gasteiger partial charge in [-0.05, 0) is 39.0 Å². The normalized spacial score (nSPS) is 21.7. The lowest BCUT2D eigenvalue weighted by Gasteiger charge is -2.34. The molecule has 6 heteroatoms. The monoisotopic (exact) mass is 306 g/mol. The zero-order chi connectivity index (χ0) is 15.5. The molecule has 0 bridgehead atoms. The van der Waals surface area contributed by atoms with Crippen molar-refractivity contribution in [1.29, 1.82) is 0 Å². The summed E-state index contributed by atoms with van der Waals surface area (Å²) in [6, 6.07) is 0.480. The lowest BCUT2D eigenvalue weighted by molar-refractivity contribution is -0.123. The standard InChI is InChI=1S/C16H26N4O2/c1-3-4-14-18-16(22-19-14)11(2)20-9-7-13(8-10-20)17-15(21)12-5-6-12/h11-13H,3-10H2,1-2H3,(H,17,21)/t11-/m0/s1. The minimum atomic E-state index is 0.151. The van der Waals surface area contributed by atoms with E-state index in [2.05, 4.69) is 34.2 Å². The smallest absolute Gasteiger partial charge is 0.243 e. The summed E-state index contributed by atoms with van der Waals surface area (Å²) in [5.74, 6) is 2.07. The van der Waals surface area contributed by atoms with Crippen molar-refractivity contribution in [2.45, 2.75) is 64.5 Å². The highest BCUT2D eigenvalue weighted by atomic mass is 16.5. The third-order valence-corrected chi connectivity index (χ3v) is 4.69. The van der Waals surface area contributed by atoms with Crippen molar-refractivity contribution in [3.8, 4) is 0 Å². The molecular weight excluding hydrogens is 280 g/mol. The Hall–Kier alpha value is -1.43. The molecule has 0 aromatic carbocycles. The molecule has 1 aliphatic heterocycles. The van der Waals surface area contributed by atoms with Gasteiger partial charge in [-0.3, -0.25) is 9.69 Å². The number of rotatable bonds is 6. The molecule has 1 amide bonds. The van der Waals surface area contributed by atoms with Crippen LogP contribution in [-0.2, 0) is 11.2 Å². The van der Waals surface area contributed by atoms with E-state index in [0.717, 1.165) is 57.4 Å². The number of aryl methyl sites for hydroxylation is 1.